The summed E-state index contributed by atoms with van der Waals surface area (Å²) in [6.07, 6.45) is 2.85. The Bertz CT molecular complexity index is 1610. The fourth-order valence-corrected chi connectivity index (χ4v) is 4.82. The van der Waals surface area contributed by atoms with E-state index in [1.54, 1.807) is 37.4 Å². The number of carbonyl (C=O) groups is 2. The van der Waals surface area contributed by atoms with Crippen LogP contribution < -0.4 is 30.3 Å². The second kappa shape index (κ2) is 16.4. The van der Waals surface area contributed by atoms with Gasteiger partial charge in [-0.15, -0.1) is 6.58 Å². The van der Waals surface area contributed by atoms with Gasteiger partial charge in [-0.25, -0.2) is 9.59 Å². The Hall–Kier alpha value is -5.00. The van der Waals surface area contributed by atoms with Crippen LogP contribution in [0, 0.1) is 0 Å². The van der Waals surface area contributed by atoms with Gasteiger partial charge in [0.1, 0.15) is 19.0 Å². The van der Waals surface area contributed by atoms with Crippen LogP contribution in [0.2, 0.25) is 5.02 Å². The summed E-state index contributed by atoms with van der Waals surface area (Å²) < 4.78 is 22.5. The number of urea groups is 1. The molecule has 4 N–H and O–H groups in total. The first kappa shape index (κ1) is 33.9. The molecule has 0 aliphatic carbocycles. The normalized spacial score (nSPS) is 15.1. The largest absolute Gasteiger partial charge is 0.490 e. The van der Waals surface area contributed by atoms with Gasteiger partial charge in [0.2, 0.25) is 0 Å². The Morgan fingerprint density at radius 3 is 2.57 bits per heavy atom. The summed E-state index contributed by atoms with van der Waals surface area (Å²) in [5.41, 5.74) is 6.64. The molecule has 0 bridgehead atoms. The van der Waals surface area contributed by atoms with Crippen molar-refractivity contribution >= 4 is 29.8 Å². The summed E-state index contributed by atoms with van der Waals surface area (Å²) in [4.78, 5) is 24.6. The lowest BCUT2D eigenvalue weighted by molar-refractivity contribution is -0.136. The van der Waals surface area contributed by atoms with E-state index in [0.29, 0.717) is 47.4 Å². The minimum Gasteiger partial charge on any atom is -0.490 e. The molecule has 0 unspecified atom stereocenters. The van der Waals surface area contributed by atoms with Gasteiger partial charge in [0.05, 0.1) is 31.5 Å². The molecule has 0 fully saturated rings. The predicted octanol–water partition coefficient (Wildman–Crippen LogP) is 5.17. The van der Waals surface area contributed by atoms with Gasteiger partial charge in [-0.1, -0.05) is 35.9 Å². The van der Waals surface area contributed by atoms with Crippen LogP contribution in [0.1, 0.15) is 42.1 Å². The predicted molar refractivity (Wildman–Crippen MR) is 175 cm³/mol. The standard InChI is InChI=1S/C34H37ClN4O7/c1-5-7-24-16-23(10-14-27(24)45-19-22-8-12-26(35)13-9-22)18-36-39-30(40)20-46-28-15-11-25(17-29(28)44-6-2)32-31(33(41)43-4)21(3)37-34(42)38-32/h5,8-18,30,32,39-40H,1,6-7,19-20H2,2-4H3,(H2,37,38,42)/b36-18-/t30-,32-/m0/s1. The minimum absolute atomic E-state index is 0.146. The van der Waals surface area contributed by atoms with Crippen molar-refractivity contribution in [1.29, 1.82) is 0 Å². The first-order valence-corrected chi connectivity index (χ1v) is 14.9. The van der Waals surface area contributed by atoms with E-state index in [0.717, 1.165) is 22.4 Å². The molecule has 2 atom stereocenters. The van der Waals surface area contributed by atoms with E-state index in [2.05, 4.69) is 27.7 Å². The molecule has 1 aliphatic rings. The molecule has 4 rings (SSSR count). The van der Waals surface area contributed by atoms with Crippen LogP contribution in [-0.4, -0.2) is 49.9 Å². The Morgan fingerprint density at radius 1 is 1.09 bits per heavy atom. The number of hydrogen-bond acceptors (Lipinski definition) is 9. The monoisotopic (exact) mass is 648 g/mol. The van der Waals surface area contributed by atoms with Crippen molar-refractivity contribution < 1.29 is 33.6 Å². The van der Waals surface area contributed by atoms with Crippen LogP contribution in [0.15, 0.2) is 89.7 Å². The number of nitrogens with zero attached hydrogens (tertiary/aromatic N) is 1. The van der Waals surface area contributed by atoms with Crippen molar-refractivity contribution in [1.82, 2.24) is 16.1 Å². The molecule has 242 valence electrons. The number of hydrogen-bond donors (Lipinski definition) is 4. The Labute approximate surface area is 272 Å². The fraction of sp³-hybridized carbons (Fsp3) is 0.265. The van der Waals surface area contributed by atoms with E-state index in [9.17, 15) is 14.7 Å². The summed E-state index contributed by atoms with van der Waals surface area (Å²) in [7, 11) is 1.28. The van der Waals surface area contributed by atoms with E-state index in [-0.39, 0.29) is 12.2 Å². The third-order valence-corrected chi connectivity index (χ3v) is 7.12. The molecule has 0 saturated heterocycles. The third-order valence-electron chi connectivity index (χ3n) is 6.87. The highest BCUT2D eigenvalue weighted by atomic mass is 35.5. The van der Waals surface area contributed by atoms with Crippen LogP contribution in [0.25, 0.3) is 0 Å². The topological polar surface area (TPSA) is 140 Å². The first-order chi connectivity index (χ1) is 22.2. The number of hydrazone groups is 1. The summed E-state index contributed by atoms with van der Waals surface area (Å²) >= 11 is 5.97. The maximum Gasteiger partial charge on any atom is 0.337 e. The summed E-state index contributed by atoms with van der Waals surface area (Å²) in [6, 6.07) is 17.0. The van der Waals surface area contributed by atoms with Gasteiger partial charge >= 0.3 is 12.0 Å². The van der Waals surface area contributed by atoms with Gasteiger partial charge in [-0.05, 0) is 85.0 Å². The number of methoxy groups -OCH3 is 1. The number of ether oxygens (including phenoxy) is 4. The lowest BCUT2D eigenvalue weighted by atomic mass is 9.95. The average Bonchev–Trinajstić information content (AvgIpc) is 3.04. The number of halogens is 1. The zero-order valence-electron chi connectivity index (χ0n) is 25.8. The van der Waals surface area contributed by atoms with Crippen molar-refractivity contribution in [3.8, 4) is 17.2 Å². The van der Waals surface area contributed by atoms with Crippen LogP contribution >= 0.6 is 11.6 Å². The van der Waals surface area contributed by atoms with E-state index >= 15 is 0 Å². The number of benzene rings is 3. The average molecular weight is 649 g/mol. The van der Waals surface area contributed by atoms with Crippen LogP contribution in [0.4, 0.5) is 4.79 Å². The second-order valence-electron chi connectivity index (χ2n) is 10.2. The summed E-state index contributed by atoms with van der Waals surface area (Å²) in [5, 5.41) is 20.6. The molecule has 12 heteroatoms. The number of esters is 1. The summed E-state index contributed by atoms with van der Waals surface area (Å²) in [5.74, 6) is 0.899. The molecule has 0 saturated carbocycles. The second-order valence-corrected chi connectivity index (χ2v) is 10.6. The Balaban J connectivity index is 1.37. The van der Waals surface area contributed by atoms with Crippen molar-refractivity contribution in [2.75, 3.05) is 20.3 Å². The van der Waals surface area contributed by atoms with Gasteiger partial charge in [-0.2, -0.15) is 5.10 Å². The number of allylic oxidation sites excluding steroid dienone is 2. The van der Waals surface area contributed by atoms with E-state index in [4.69, 9.17) is 30.5 Å². The number of nitrogens with one attached hydrogen (secondary N) is 3. The van der Waals surface area contributed by atoms with Crippen LogP contribution in [-0.2, 0) is 22.6 Å². The molecule has 0 aromatic heterocycles. The Kier molecular flexibility index (Phi) is 12.0. The van der Waals surface area contributed by atoms with Gasteiger partial charge in [0.15, 0.2) is 17.7 Å². The van der Waals surface area contributed by atoms with Crippen molar-refractivity contribution in [3.05, 3.63) is 112 Å². The van der Waals surface area contributed by atoms with Gasteiger partial charge in [0.25, 0.3) is 0 Å². The highest BCUT2D eigenvalue weighted by Crippen LogP contribution is 2.35. The molecule has 2 amide bonds. The molecule has 3 aromatic rings. The van der Waals surface area contributed by atoms with Gasteiger partial charge < -0.3 is 34.7 Å². The van der Waals surface area contributed by atoms with Crippen LogP contribution in [0.5, 0.6) is 17.2 Å². The van der Waals surface area contributed by atoms with E-state index in [1.165, 1.54) is 7.11 Å². The summed E-state index contributed by atoms with van der Waals surface area (Å²) in [6.45, 7) is 7.87. The lowest BCUT2D eigenvalue weighted by Gasteiger charge is -2.28. The van der Waals surface area contributed by atoms with E-state index in [1.807, 2.05) is 49.4 Å². The number of aliphatic hydroxyl groups is 1. The maximum atomic E-state index is 12.5. The SMILES string of the molecule is C=CCc1cc(/C=N\N[C@@H](O)COc2ccc([C@@H]3NC(=O)NC(C)=C3C(=O)OC)cc2OCC)ccc1OCc1ccc(Cl)cc1. The molecule has 11 nitrogen and oxygen atoms in total. The molecule has 1 aliphatic heterocycles. The maximum absolute atomic E-state index is 12.5. The zero-order chi connectivity index (χ0) is 33.1. The fourth-order valence-electron chi connectivity index (χ4n) is 4.70. The van der Waals surface area contributed by atoms with Crippen molar-refractivity contribution in [2.24, 2.45) is 5.10 Å². The lowest BCUT2D eigenvalue weighted by Crippen LogP contribution is -2.45. The minimum atomic E-state index is -1.14. The highest BCUT2D eigenvalue weighted by Gasteiger charge is 2.32. The Morgan fingerprint density at radius 2 is 1.85 bits per heavy atom. The molecule has 0 spiro atoms. The number of carbonyl (C=O) groups excluding carboxylic acids is 2. The number of amides is 2. The number of aliphatic hydroxyl groups excluding tert-OH is 1. The quantitative estimate of drug-likeness (QED) is 0.0582. The zero-order valence-corrected chi connectivity index (χ0v) is 26.6. The molecule has 0 radical (unpaired) electrons. The molecule has 1 heterocycles. The first-order valence-electron chi connectivity index (χ1n) is 14.6. The smallest absolute Gasteiger partial charge is 0.337 e. The highest BCUT2D eigenvalue weighted by molar-refractivity contribution is 6.30. The van der Waals surface area contributed by atoms with E-state index < -0.39 is 24.3 Å². The third kappa shape index (κ3) is 9.02. The molecule has 3 aromatic carbocycles. The molecular formula is C34H37ClN4O7. The number of rotatable bonds is 15. The van der Waals surface area contributed by atoms with Gasteiger partial charge in [-0.3, -0.25) is 5.43 Å². The van der Waals surface area contributed by atoms with Crippen LogP contribution in [0.3, 0.4) is 0 Å². The molecular weight excluding hydrogens is 612 g/mol. The van der Waals surface area contributed by atoms with Crippen molar-refractivity contribution in [2.45, 2.75) is 39.1 Å². The van der Waals surface area contributed by atoms with Gasteiger partial charge in [0, 0.05) is 10.7 Å². The molecule has 46 heavy (non-hydrogen) atoms. The van der Waals surface area contributed by atoms with Crippen molar-refractivity contribution in [3.63, 3.8) is 0 Å².